The zero-order valence-corrected chi connectivity index (χ0v) is 23.5. The van der Waals surface area contributed by atoms with Crippen LogP contribution in [0.3, 0.4) is 0 Å². The largest absolute Gasteiger partial charge is 0.476 e. The van der Waals surface area contributed by atoms with Crippen LogP contribution in [0.25, 0.3) is 11.0 Å². The van der Waals surface area contributed by atoms with Crippen molar-refractivity contribution in [3.05, 3.63) is 40.3 Å². The highest BCUT2D eigenvalue weighted by molar-refractivity contribution is 5.88. The molecule has 7 rings (SSSR count). The Bertz CT molecular complexity index is 1270. The number of carbonyl (C=O) groups is 1. The first-order valence-electron chi connectivity index (χ1n) is 16.0. The summed E-state index contributed by atoms with van der Waals surface area (Å²) in [6.07, 6.45) is 18.5. The Kier molecular flexibility index (Phi) is 6.81. The summed E-state index contributed by atoms with van der Waals surface area (Å²) >= 11 is 0. The van der Waals surface area contributed by atoms with Crippen molar-refractivity contribution in [3.8, 4) is 0 Å². The molecule has 3 saturated carbocycles. The van der Waals surface area contributed by atoms with E-state index in [2.05, 4.69) is 16.8 Å². The summed E-state index contributed by atoms with van der Waals surface area (Å²) in [4.78, 5) is 32.5. The second-order valence-corrected chi connectivity index (χ2v) is 13.9. The highest BCUT2D eigenvalue weighted by Crippen LogP contribution is 2.53. The summed E-state index contributed by atoms with van der Waals surface area (Å²) in [6, 6.07) is 9.25. The molecule has 1 aromatic carbocycles. The predicted octanol–water partition coefficient (Wildman–Crippen LogP) is 6.67. The summed E-state index contributed by atoms with van der Waals surface area (Å²) in [5, 5.41) is 9.74. The van der Waals surface area contributed by atoms with Crippen molar-refractivity contribution in [2.75, 3.05) is 0 Å². The van der Waals surface area contributed by atoms with Crippen molar-refractivity contribution < 1.29 is 9.90 Å². The number of carboxylic acid groups (broad SMARTS) is 1. The number of piperidine rings is 2. The van der Waals surface area contributed by atoms with Crippen LogP contribution in [0.2, 0.25) is 0 Å². The summed E-state index contributed by atoms with van der Waals surface area (Å²) in [5.74, 6) is 3.33. The molecular formula is C33H45N3O3. The zero-order valence-electron chi connectivity index (χ0n) is 23.5. The molecule has 2 aromatic rings. The molecule has 5 fully saturated rings. The summed E-state index contributed by atoms with van der Waals surface area (Å²) in [5.41, 5.74) is 0.595. The standard InChI is InChI=1S/C33H45N3O3/c1-20-23-14-21(16-28(20)22-8-3-2-4-9-22)15-26(17-23)35-24-10-7-11-25(35)19-27(18-24)36-30-13-6-5-12-29(30)34-31(32(36)37)33(38)39/h5-6,12-13,20-28H,2-4,7-11,14-19H2,1H3,(H,38,39)/t20-,21+,23-,24-,25+,26-,27?,28+/m1/s1. The summed E-state index contributed by atoms with van der Waals surface area (Å²) in [6.45, 7) is 2.59. The molecule has 1 aromatic heterocycles. The number of hydrogen-bond acceptors (Lipinski definition) is 4. The molecule has 0 spiro atoms. The van der Waals surface area contributed by atoms with E-state index in [1.807, 2.05) is 24.3 Å². The number of rotatable bonds is 4. The van der Waals surface area contributed by atoms with Crippen molar-refractivity contribution in [1.29, 1.82) is 0 Å². The normalized spacial score (nSPS) is 37.6. The average molecular weight is 532 g/mol. The molecule has 5 aliphatic rings. The van der Waals surface area contributed by atoms with E-state index in [0.717, 1.165) is 47.9 Å². The molecule has 1 N–H and O–H groups in total. The Labute approximate surface area is 232 Å². The Balaban J connectivity index is 1.14. The van der Waals surface area contributed by atoms with Crippen molar-refractivity contribution in [2.24, 2.45) is 29.6 Å². The van der Waals surface area contributed by atoms with Crippen molar-refractivity contribution in [2.45, 2.75) is 121 Å². The lowest BCUT2D eigenvalue weighted by Gasteiger charge is -2.57. The molecule has 0 radical (unpaired) electrons. The van der Waals surface area contributed by atoms with E-state index in [1.54, 1.807) is 4.57 Å². The van der Waals surface area contributed by atoms with Crippen LogP contribution in [0.1, 0.15) is 113 Å². The maximum atomic E-state index is 13.5. The number of hydrogen-bond donors (Lipinski definition) is 1. The van der Waals surface area contributed by atoms with E-state index in [-0.39, 0.29) is 11.7 Å². The minimum absolute atomic E-state index is 0.0349. The lowest BCUT2D eigenvalue weighted by Crippen LogP contribution is -2.59. The van der Waals surface area contributed by atoms with Gasteiger partial charge in [0.25, 0.3) is 5.56 Å². The average Bonchev–Trinajstić information content (AvgIpc) is 2.94. The minimum atomic E-state index is -1.23. The van der Waals surface area contributed by atoms with E-state index in [0.29, 0.717) is 23.6 Å². The van der Waals surface area contributed by atoms with Gasteiger partial charge < -0.3 is 9.67 Å². The topological polar surface area (TPSA) is 75.4 Å². The molecule has 6 nitrogen and oxygen atoms in total. The van der Waals surface area contributed by atoms with E-state index < -0.39 is 11.5 Å². The van der Waals surface area contributed by atoms with Crippen LogP contribution in [0.15, 0.2) is 29.1 Å². The lowest BCUT2D eigenvalue weighted by molar-refractivity contribution is -0.0704. The minimum Gasteiger partial charge on any atom is -0.476 e. The smallest absolute Gasteiger partial charge is 0.360 e. The van der Waals surface area contributed by atoms with Crippen LogP contribution < -0.4 is 5.56 Å². The molecule has 8 atom stereocenters. The van der Waals surface area contributed by atoms with Crippen LogP contribution in [0.4, 0.5) is 0 Å². The van der Waals surface area contributed by atoms with E-state index >= 15 is 0 Å². The third-order valence-corrected chi connectivity index (χ3v) is 11.9. The highest BCUT2D eigenvalue weighted by atomic mass is 16.4. The van der Waals surface area contributed by atoms with Gasteiger partial charge in [-0.1, -0.05) is 57.6 Å². The van der Waals surface area contributed by atoms with Crippen molar-refractivity contribution in [1.82, 2.24) is 14.5 Å². The maximum Gasteiger partial charge on any atom is 0.360 e. The first-order valence-corrected chi connectivity index (χ1v) is 16.0. The van der Waals surface area contributed by atoms with E-state index in [1.165, 1.54) is 77.0 Å². The molecule has 0 amide bonds. The molecule has 2 aliphatic heterocycles. The number of para-hydroxylation sites is 2. The first kappa shape index (κ1) is 25.7. The van der Waals surface area contributed by atoms with Gasteiger partial charge in [-0.2, -0.15) is 0 Å². The van der Waals surface area contributed by atoms with E-state index in [4.69, 9.17) is 0 Å². The van der Waals surface area contributed by atoms with Gasteiger partial charge in [-0.05, 0) is 93.1 Å². The quantitative estimate of drug-likeness (QED) is 0.477. The number of aromatic nitrogens is 2. The third-order valence-electron chi connectivity index (χ3n) is 11.9. The lowest BCUT2D eigenvalue weighted by atomic mass is 9.57. The first-order chi connectivity index (χ1) is 19.0. The molecule has 1 unspecified atom stereocenters. The number of aromatic carboxylic acids is 1. The summed E-state index contributed by atoms with van der Waals surface area (Å²) in [7, 11) is 0. The fourth-order valence-electron chi connectivity index (χ4n) is 10.3. The molecular weight excluding hydrogens is 486 g/mol. The molecule has 2 saturated heterocycles. The molecule has 39 heavy (non-hydrogen) atoms. The van der Waals surface area contributed by atoms with Crippen molar-refractivity contribution in [3.63, 3.8) is 0 Å². The second-order valence-electron chi connectivity index (χ2n) is 13.9. The Morgan fingerprint density at radius 2 is 1.56 bits per heavy atom. The van der Waals surface area contributed by atoms with Gasteiger partial charge in [0.2, 0.25) is 5.69 Å². The monoisotopic (exact) mass is 531 g/mol. The van der Waals surface area contributed by atoms with Crippen LogP contribution in [0.5, 0.6) is 0 Å². The number of fused-ring (bicyclic) bond motifs is 5. The van der Waals surface area contributed by atoms with Gasteiger partial charge in [-0.3, -0.25) is 9.69 Å². The number of nitrogens with zero attached hydrogens (tertiary/aromatic N) is 3. The van der Waals surface area contributed by atoms with Gasteiger partial charge >= 0.3 is 5.97 Å². The third kappa shape index (κ3) is 4.55. The Hall–Kier alpha value is -2.21. The van der Waals surface area contributed by atoms with Gasteiger partial charge in [0, 0.05) is 24.2 Å². The highest BCUT2D eigenvalue weighted by Gasteiger charge is 2.49. The number of carboxylic acids is 1. The van der Waals surface area contributed by atoms with Crippen LogP contribution >= 0.6 is 0 Å². The Morgan fingerprint density at radius 3 is 2.31 bits per heavy atom. The van der Waals surface area contributed by atoms with Crippen molar-refractivity contribution >= 4 is 17.0 Å². The zero-order chi connectivity index (χ0) is 26.7. The molecule has 4 bridgehead atoms. The fraction of sp³-hybridized carbons (Fsp3) is 0.727. The van der Waals surface area contributed by atoms with Crippen LogP contribution in [-0.4, -0.2) is 43.7 Å². The SMILES string of the molecule is C[C@@H]1[C@@H]2C[C@@H](C[C@@H](N3[C@@H]4CCC[C@H]3CC(n3c(=O)c(C(=O)O)nc5ccccc53)C4)C2)C[C@@H]1C1CCCCC1. The van der Waals surface area contributed by atoms with E-state index in [9.17, 15) is 14.7 Å². The molecule has 3 aliphatic carbocycles. The molecule has 3 heterocycles. The molecule has 6 heteroatoms. The maximum absolute atomic E-state index is 13.5. The van der Waals surface area contributed by atoms with Crippen LogP contribution in [-0.2, 0) is 0 Å². The van der Waals surface area contributed by atoms with Crippen LogP contribution in [0, 0.1) is 29.6 Å². The summed E-state index contributed by atoms with van der Waals surface area (Å²) < 4.78 is 1.81. The van der Waals surface area contributed by atoms with Gasteiger partial charge in [-0.15, -0.1) is 0 Å². The van der Waals surface area contributed by atoms with Gasteiger partial charge in [0.1, 0.15) is 0 Å². The number of benzene rings is 1. The fourth-order valence-corrected chi connectivity index (χ4v) is 10.3. The van der Waals surface area contributed by atoms with Gasteiger partial charge in [-0.25, -0.2) is 9.78 Å². The predicted molar refractivity (Wildman–Crippen MR) is 153 cm³/mol. The van der Waals surface area contributed by atoms with Gasteiger partial charge in [0.15, 0.2) is 0 Å². The molecule has 210 valence electrons. The second kappa shape index (κ2) is 10.3. The van der Waals surface area contributed by atoms with Gasteiger partial charge in [0.05, 0.1) is 11.0 Å². The Morgan fingerprint density at radius 1 is 0.821 bits per heavy atom.